The maximum absolute atomic E-state index is 12.9. The van der Waals surface area contributed by atoms with Gasteiger partial charge in [-0.1, -0.05) is 27.5 Å². The molecular weight excluding hydrogens is 331 g/mol. The standard InChI is InChI=1S/C11H11BrClF2NO2/c1-2-18-9(17)3-8-6(4-12)10(11(14)15)7(13)5-16-8/h5,11H,2-4H2,1H3. The number of hydrogen-bond acceptors (Lipinski definition) is 3. The molecule has 1 heterocycles. The van der Waals surface area contributed by atoms with Crippen molar-refractivity contribution in [2.45, 2.75) is 25.1 Å². The highest BCUT2D eigenvalue weighted by molar-refractivity contribution is 9.08. The number of esters is 1. The molecule has 0 bridgehead atoms. The van der Waals surface area contributed by atoms with Crippen LogP contribution in [0.5, 0.6) is 0 Å². The maximum Gasteiger partial charge on any atom is 0.311 e. The Kier molecular flexibility index (Phi) is 5.95. The molecule has 1 aromatic heterocycles. The van der Waals surface area contributed by atoms with Gasteiger partial charge in [-0.05, 0) is 12.5 Å². The van der Waals surface area contributed by atoms with Crippen molar-refractivity contribution in [2.75, 3.05) is 6.61 Å². The van der Waals surface area contributed by atoms with Gasteiger partial charge in [0.15, 0.2) is 0 Å². The molecule has 1 aromatic rings. The van der Waals surface area contributed by atoms with Crippen molar-refractivity contribution in [3.63, 3.8) is 0 Å². The highest BCUT2D eigenvalue weighted by atomic mass is 79.9. The third-order valence-electron chi connectivity index (χ3n) is 2.23. The van der Waals surface area contributed by atoms with Crippen LogP contribution in [0.1, 0.15) is 30.2 Å². The van der Waals surface area contributed by atoms with Crippen LogP contribution in [-0.2, 0) is 21.3 Å². The fraction of sp³-hybridized carbons (Fsp3) is 0.455. The first-order valence-electron chi connectivity index (χ1n) is 5.17. The van der Waals surface area contributed by atoms with Crippen LogP contribution in [0.15, 0.2) is 6.20 Å². The number of halogens is 4. The monoisotopic (exact) mass is 341 g/mol. The predicted octanol–water partition coefficient (Wildman–Crippen LogP) is 3.67. The zero-order valence-electron chi connectivity index (χ0n) is 9.55. The summed E-state index contributed by atoms with van der Waals surface area (Å²) in [7, 11) is 0. The largest absolute Gasteiger partial charge is 0.466 e. The lowest BCUT2D eigenvalue weighted by atomic mass is 10.1. The Morgan fingerprint density at radius 2 is 2.28 bits per heavy atom. The van der Waals surface area contributed by atoms with E-state index in [1.54, 1.807) is 6.92 Å². The second-order valence-corrected chi connectivity index (χ2v) is 4.33. The van der Waals surface area contributed by atoms with E-state index in [9.17, 15) is 13.6 Å². The summed E-state index contributed by atoms with van der Waals surface area (Å²) in [6.07, 6.45) is -1.73. The molecular formula is C11H11BrClF2NO2. The van der Waals surface area contributed by atoms with E-state index >= 15 is 0 Å². The predicted molar refractivity (Wildman–Crippen MR) is 67.2 cm³/mol. The number of rotatable bonds is 5. The van der Waals surface area contributed by atoms with Gasteiger partial charge in [0.2, 0.25) is 0 Å². The molecule has 18 heavy (non-hydrogen) atoms. The molecule has 100 valence electrons. The molecule has 0 aromatic carbocycles. The van der Waals surface area contributed by atoms with Crippen LogP contribution in [-0.4, -0.2) is 17.6 Å². The number of alkyl halides is 3. The van der Waals surface area contributed by atoms with Crippen LogP contribution in [0.2, 0.25) is 5.02 Å². The zero-order chi connectivity index (χ0) is 13.7. The first-order chi connectivity index (χ1) is 8.51. The molecule has 0 aliphatic carbocycles. The molecule has 3 nitrogen and oxygen atoms in total. The van der Waals surface area contributed by atoms with E-state index in [1.165, 1.54) is 0 Å². The van der Waals surface area contributed by atoms with Gasteiger partial charge in [-0.3, -0.25) is 9.78 Å². The lowest BCUT2D eigenvalue weighted by molar-refractivity contribution is -0.142. The van der Waals surface area contributed by atoms with Gasteiger partial charge in [-0.2, -0.15) is 0 Å². The molecule has 7 heteroatoms. The average molecular weight is 343 g/mol. The number of carbonyl (C=O) groups excluding carboxylic acids is 1. The second kappa shape index (κ2) is 6.99. The summed E-state index contributed by atoms with van der Waals surface area (Å²) in [5.74, 6) is -0.505. The molecule has 0 amide bonds. The maximum atomic E-state index is 12.9. The zero-order valence-corrected chi connectivity index (χ0v) is 11.9. The molecule has 0 atom stereocenters. The molecule has 0 fully saturated rings. The molecule has 0 saturated heterocycles. The van der Waals surface area contributed by atoms with Crippen molar-refractivity contribution in [3.8, 4) is 0 Å². The Morgan fingerprint density at radius 3 is 2.78 bits per heavy atom. The van der Waals surface area contributed by atoms with E-state index in [4.69, 9.17) is 16.3 Å². The van der Waals surface area contributed by atoms with Gasteiger partial charge in [-0.15, -0.1) is 0 Å². The normalized spacial score (nSPS) is 10.8. The van der Waals surface area contributed by atoms with Crippen LogP contribution in [0.4, 0.5) is 8.78 Å². The Balaban J connectivity index is 3.13. The minimum Gasteiger partial charge on any atom is -0.466 e. The van der Waals surface area contributed by atoms with Crippen molar-refractivity contribution in [3.05, 3.63) is 28.0 Å². The average Bonchev–Trinajstić information content (AvgIpc) is 2.30. The molecule has 0 aliphatic rings. The third kappa shape index (κ3) is 3.62. The van der Waals surface area contributed by atoms with Gasteiger partial charge in [0.05, 0.1) is 23.7 Å². The van der Waals surface area contributed by atoms with E-state index in [2.05, 4.69) is 20.9 Å². The number of aromatic nitrogens is 1. The summed E-state index contributed by atoms with van der Waals surface area (Å²) in [6, 6.07) is 0. The summed E-state index contributed by atoms with van der Waals surface area (Å²) in [4.78, 5) is 15.3. The number of carbonyl (C=O) groups is 1. The first kappa shape index (κ1) is 15.3. The number of pyridine rings is 1. The Bertz CT molecular complexity index is 443. The first-order valence-corrected chi connectivity index (χ1v) is 6.67. The Hall–Kier alpha value is -0.750. The summed E-state index contributed by atoms with van der Waals surface area (Å²) >= 11 is 8.80. The molecule has 0 saturated carbocycles. The van der Waals surface area contributed by atoms with Crippen LogP contribution < -0.4 is 0 Å². The van der Waals surface area contributed by atoms with Crippen molar-refractivity contribution in [1.29, 1.82) is 0 Å². The van der Waals surface area contributed by atoms with Gasteiger partial charge in [-0.25, -0.2) is 8.78 Å². The van der Waals surface area contributed by atoms with Crippen molar-refractivity contribution < 1.29 is 18.3 Å². The summed E-state index contributed by atoms with van der Waals surface area (Å²) < 4.78 is 30.5. The van der Waals surface area contributed by atoms with Gasteiger partial charge in [0.25, 0.3) is 6.43 Å². The number of nitrogens with zero attached hydrogens (tertiary/aromatic N) is 1. The molecule has 0 aliphatic heterocycles. The quantitative estimate of drug-likeness (QED) is 0.605. The van der Waals surface area contributed by atoms with Crippen molar-refractivity contribution in [2.24, 2.45) is 0 Å². The lowest BCUT2D eigenvalue weighted by Crippen LogP contribution is -2.12. The molecule has 0 N–H and O–H groups in total. The van der Waals surface area contributed by atoms with E-state index in [0.717, 1.165) is 6.20 Å². The van der Waals surface area contributed by atoms with Crippen LogP contribution in [0.3, 0.4) is 0 Å². The fourth-order valence-electron chi connectivity index (χ4n) is 1.47. The minimum atomic E-state index is -2.71. The van der Waals surface area contributed by atoms with Crippen molar-refractivity contribution >= 4 is 33.5 Å². The summed E-state index contributed by atoms with van der Waals surface area (Å²) in [5.41, 5.74) is 0.207. The second-order valence-electron chi connectivity index (χ2n) is 3.36. The van der Waals surface area contributed by atoms with Crippen molar-refractivity contribution in [1.82, 2.24) is 4.98 Å². The Labute approximate surface area is 117 Å². The molecule has 0 unspecified atom stereocenters. The summed E-state index contributed by atoms with van der Waals surface area (Å²) in [6.45, 7) is 1.90. The van der Waals surface area contributed by atoms with Gasteiger partial charge < -0.3 is 4.74 Å². The summed E-state index contributed by atoms with van der Waals surface area (Å²) in [5, 5.41) is 0.0432. The molecule has 0 spiro atoms. The van der Waals surface area contributed by atoms with Gasteiger partial charge >= 0.3 is 5.97 Å². The topological polar surface area (TPSA) is 39.2 Å². The van der Waals surface area contributed by atoms with E-state index in [1.807, 2.05) is 0 Å². The SMILES string of the molecule is CCOC(=O)Cc1ncc(Cl)c(C(F)F)c1CBr. The van der Waals surface area contributed by atoms with Gasteiger partial charge in [0.1, 0.15) is 0 Å². The number of ether oxygens (including phenoxy) is 1. The van der Waals surface area contributed by atoms with Crippen LogP contribution in [0.25, 0.3) is 0 Å². The third-order valence-corrected chi connectivity index (χ3v) is 3.10. The highest BCUT2D eigenvalue weighted by Crippen LogP contribution is 2.32. The van der Waals surface area contributed by atoms with Crippen LogP contribution in [0, 0.1) is 0 Å². The van der Waals surface area contributed by atoms with E-state index < -0.39 is 12.4 Å². The lowest BCUT2D eigenvalue weighted by Gasteiger charge is -2.12. The Morgan fingerprint density at radius 1 is 1.61 bits per heavy atom. The smallest absolute Gasteiger partial charge is 0.311 e. The molecule has 1 rings (SSSR count). The van der Waals surface area contributed by atoms with E-state index in [0.29, 0.717) is 0 Å². The highest BCUT2D eigenvalue weighted by Gasteiger charge is 2.21. The van der Waals surface area contributed by atoms with E-state index in [-0.39, 0.29) is 40.2 Å². The fourth-order valence-corrected chi connectivity index (χ4v) is 2.34. The molecule has 0 radical (unpaired) electrons. The van der Waals surface area contributed by atoms with Gasteiger partial charge in [0, 0.05) is 17.1 Å². The minimum absolute atomic E-state index is 0.105. The number of hydrogen-bond donors (Lipinski definition) is 0. The van der Waals surface area contributed by atoms with Crippen LogP contribution >= 0.6 is 27.5 Å².